The Morgan fingerprint density at radius 3 is 2.68 bits per heavy atom. The first-order valence-electron chi connectivity index (χ1n) is 6.95. The van der Waals surface area contributed by atoms with Crippen molar-refractivity contribution >= 4 is 0 Å². The second kappa shape index (κ2) is 6.70. The van der Waals surface area contributed by atoms with Gasteiger partial charge in [0.25, 0.3) is 0 Å². The first kappa shape index (κ1) is 14.1. The van der Waals surface area contributed by atoms with Gasteiger partial charge in [0.1, 0.15) is 5.69 Å². The monoisotopic (exact) mass is 265 g/mol. The molecule has 0 bridgehead atoms. The minimum absolute atomic E-state index is 0.117. The van der Waals surface area contributed by atoms with Crippen molar-refractivity contribution in [2.45, 2.75) is 44.6 Å². The summed E-state index contributed by atoms with van der Waals surface area (Å²) in [6.45, 7) is 0. The Bertz CT molecular complexity index is 406. The fraction of sp³-hybridized carbons (Fsp3) is 0.714. The van der Waals surface area contributed by atoms with Gasteiger partial charge < -0.3 is 15.2 Å². The van der Waals surface area contributed by atoms with E-state index in [4.69, 9.17) is 15.2 Å². The molecule has 1 unspecified atom stereocenters. The van der Waals surface area contributed by atoms with Crippen LogP contribution in [0.3, 0.4) is 0 Å². The summed E-state index contributed by atoms with van der Waals surface area (Å²) in [6.07, 6.45) is 9.11. The molecule has 1 fully saturated rings. The molecule has 1 saturated carbocycles. The third-order valence-electron chi connectivity index (χ3n) is 3.86. The van der Waals surface area contributed by atoms with Crippen molar-refractivity contribution in [1.29, 1.82) is 0 Å². The molecule has 1 heterocycles. The molecule has 5 heteroatoms. The van der Waals surface area contributed by atoms with Crippen molar-refractivity contribution in [3.05, 3.63) is 11.9 Å². The van der Waals surface area contributed by atoms with E-state index in [0.29, 0.717) is 11.8 Å². The van der Waals surface area contributed by atoms with Crippen LogP contribution >= 0.6 is 0 Å². The quantitative estimate of drug-likeness (QED) is 0.855. The smallest absolute Gasteiger partial charge is 0.240 e. The number of nitrogens with two attached hydrogens (primary N) is 1. The van der Waals surface area contributed by atoms with E-state index in [2.05, 4.69) is 9.97 Å². The van der Waals surface area contributed by atoms with E-state index in [1.165, 1.54) is 25.7 Å². The zero-order valence-electron chi connectivity index (χ0n) is 11.8. The second-order valence-electron chi connectivity index (χ2n) is 5.14. The van der Waals surface area contributed by atoms with Crippen LogP contribution < -0.4 is 15.2 Å². The fourth-order valence-electron chi connectivity index (χ4n) is 2.72. The van der Waals surface area contributed by atoms with Crippen molar-refractivity contribution in [3.8, 4) is 11.8 Å². The van der Waals surface area contributed by atoms with Gasteiger partial charge in [-0.1, -0.05) is 25.7 Å². The highest BCUT2D eigenvalue weighted by molar-refractivity contribution is 5.25. The predicted octanol–water partition coefficient (Wildman–Crippen LogP) is 2.46. The molecule has 1 atom stereocenters. The van der Waals surface area contributed by atoms with E-state index in [1.54, 1.807) is 20.4 Å². The molecule has 0 amide bonds. The van der Waals surface area contributed by atoms with E-state index in [-0.39, 0.29) is 6.04 Å². The second-order valence-corrected chi connectivity index (χ2v) is 5.14. The third kappa shape index (κ3) is 3.56. The van der Waals surface area contributed by atoms with Gasteiger partial charge in [0.05, 0.1) is 26.5 Å². The van der Waals surface area contributed by atoms with E-state index < -0.39 is 0 Å². The van der Waals surface area contributed by atoms with Gasteiger partial charge in [-0.15, -0.1) is 0 Å². The zero-order valence-corrected chi connectivity index (χ0v) is 11.8. The van der Waals surface area contributed by atoms with Crippen LogP contribution in [-0.2, 0) is 0 Å². The lowest BCUT2D eigenvalue weighted by Crippen LogP contribution is -2.15. The molecule has 0 radical (unpaired) electrons. The summed E-state index contributed by atoms with van der Waals surface area (Å²) in [7, 11) is 3.14. The molecule has 5 nitrogen and oxygen atoms in total. The molecule has 0 aromatic carbocycles. The standard InChI is InChI=1S/C14H23N3O2/c1-18-12-9-16-13(14(17-12)19-2)11(15)8-7-10-5-3-4-6-10/h9-11H,3-8,15H2,1-2H3. The van der Waals surface area contributed by atoms with Gasteiger partial charge in [-0.2, -0.15) is 4.98 Å². The van der Waals surface area contributed by atoms with E-state index in [9.17, 15) is 0 Å². The SMILES string of the molecule is COc1cnc(C(N)CCC2CCCC2)c(OC)n1. The predicted molar refractivity (Wildman–Crippen MR) is 73.3 cm³/mol. The Labute approximate surface area is 114 Å². The van der Waals surface area contributed by atoms with Gasteiger partial charge >= 0.3 is 0 Å². The Morgan fingerprint density at radius 1 is 1.32 bits per heavy atom. The summed E-state index contributed by atoms with van der Waals surface area (Å²) < 4.78 is 10.3. The molecule has 0 saturated heterocycles. The Balaban J connectivity index is 1.98. The van der Waals surface area contributed by atoms with Gasteiger partial charge in [0.15, 0.2) is 0 Å². The van der Waals surface area contributed by atoms with Crippen LogP contribution in [0.4, 0.5) is 0 Å². The van der Waals surface area contributed by atoms with Gasteiger partial charge in [0.2, 0.25) is 11.8 Å². The van der Waals surface area contributed by atoms with Crippen molar-refractivity contribution in [2.75, 3.05) is 14.2 Å². The highest BCUT2D eigenvalue weighted by atomic mass is 16.5. The van der Waals surface area contributed by atoms with Gasteiger partial charge in [0, 0.05) is 0 Å². The topological polar surface area (TPSA) is 70.3 Å². The molecule has 106 valence electrons. The van der Waals surface area contributed by atoms with Crippen LogP contribution in [-0.4, -0.2) is 24.2 Å². The largest absolute Gasteiger partial charge is 0.480 e. The van der Waals surface area contributed by atoms with Crippen LogP contribution in [0, 0.1) is 5.92 Å². The van der Waals surface area contributed by atoms with Crippen LogP contribution in [0.5, 0.6) is 11.8 Å². The maximum Gasteiger partial charge on any atom is 0.240 e. The Hall–Kier alpha value is -1.36. The molecule has 1 aliphatic carbocycles. The number of methoxy groups -OCH3 is 2. The minimum Gasteiger partial charge on any atom is -0.480 e. The average Bonchev–Trinajstić information content (AvgIpc) is 2.97. The van der Waals surface area contributed by atoms with Crippen molar-refractivity contribution in [3.63, 3.8) is 0 Å². The first-order chi connectivity index (χ1) is 9.24. The van der Waals surface area contributed by atoms with Gasteiger partial charge in [-0.05, 0) is 18.8 Å². The van der Waals surface area contributed by atoms with Crippen molar-refractivity contribution < 1.29 is 9.47 Å². The summed E-state index contributed by atoms with van der Waals surface area (Å²) in [5.41, 5.74) is 6.94. The van der Waals surface area contributed by atoms with E-state index in [1.807, 2.05) is 0 Å². The van der Waals surface area contributed by atoms with Crippen LogP contribution in [0.25, 0.3) is 0 Å². The van der Waals surface area contributed by atoms with Crippen LogP contribution in [0.2, 0.25) is 0 Å². The number of aromatic nitrogens is 2. The Kier molecular flexibility index (Phi) is 4.96. The first-order valence-corrected chi connectivity index (χ1v) is 6.95. The van der Waals surface area contributed by atoms with E-state index in [0.717, 1.165) is 24.5 Å². The van der Waals surface area contributed by atoms with Gasteiger partial charge in [-0.3, -0.25) is 0 Å². The molecule has 2 N–H and O–H groups in total. The zero-order chi connectivity index (χ0) is 13.7. The van der Waals surface area contributed by atoms with E-state index >= 15 is 0 Å². The molecule has 19 heavy (non-hydrogen) atoms. The lowest BCUT2D eigenvalue weighted by molar-refractivity contribution is 0.350. The molecule has 1 aromatic rings. The summed E-state index contributed by atoms with van der Waals surface area (Å²) in [4.78, 5) is 8.55. The molecule has 0 spiro atoms. The summed E-state index contributed by atoms with van der Waals surface area (Å²) in [5, 5.41) is 0. The number of hydrogen-bond donors (Lipinski definition) is 1. The molecule has 1 aliphatic rings. The highest BCUT2D eigenvalue weighted by Crippen LogP contribution is 2.32. The molecular formula is C14H23N3O2. The molecule has 0 aliphatic heterocycles. The van der Waals surface area contributed by atoms with Crippen molar-refractivity contribution in [2.24, 2.45) is 11.7 Å². The summed E-state index contributed by atoms with van der Waals surface area (Å²) in [6, 6.07) is -0.117. The highest BCUT2D eigenvalue weighted by Gasteiger charge is 2.20. The maximum absolute atomic E-state index is 6.22. The third-order valence-corrected chi connectivity index (χ3v) is 3.86. The normalized spacial score (nSPS) is 17.4. The Morgan fingerprint density at radius 2 is 2.05 bits per heavy atom. The lowest BCUT2D eigenvalue weighted by atomic mass is 9.97. The summed E-state index contributed by atoms with van der Waals surface area (Å²) in [5.74, 6) is 1.75. The van der Waals surface area contributed by atoms with Crippen LogP contribution in [0.15, 0.2) is 6.20 Å². The summed E-state index contributed by atoms with van der Waals surface area (Å²) >= 11 is 0. The number of ether oxygens (including phenoxy) is 2. The average molecular weight is 265 g/mol. The lowest BCUT2D eigenvalue weighted by Gasteiger charge is -2.16. The maximum atomic E-state index is 6.22. The van der Waals surface area contributed by atoms with Crippen LogP contribution in [0.1, 0.15) is 50.3 Å². The number of nitrogens with zero attached hydrogens (tertiary/aromatic N) is 2. The molecule has 2 rings (SSSR count). The fourth-order valence-corrected chi connectivity index (χ4v) is 2.72. The molecule has 1 aromatic heterocycles. The van der Waals surface area contributed by atoms with Gasteiger partial charge in [-0.25, -0.2) is 4.98 Å². The number of hydrogen-bond acceptors (Lipinski definition) is 5. The van der Waals surface area contributed by atoms with Crippen molar-refractivity contribution in [1.82, 2.24) is 9.97 Å². The molecular weight excluding hydrogens is 242 g/mol. The number of rotatable bonds is 6. The minimum atomic E-state index is -0.117.